The van der Waals surface area contributed by atoms with Crippen molar-refractivity contribution in [3.8, 4) is 11.5 Å². The largest absolute Gasteiger partial charge is 0.493 e. The van der Waals surface area contributed by atoms with Gasteiger partial charge in [-0.3, -0.25) is 14.6 Å². The molecule has 0 spiro atoms. The lowest BCUT2D eigenvalue weighted by atomic mass is 10.2. The van der Waals surface area contributed by atoms with Crippen LogP contribution < -0.4 is 20.1 Å². The van der Waals surface area contributed by atoms with E-state index in [-0.39, 0.29) is 18.2 Å². The van der Waals surface area contributed by atoms with E-state index in [0.29, 0.717) is 35.5 Å². The lowest BCUT2D eigenvalue weighted by Gasteiger charge is -2.11. The van der Waals surface area contributed by atoms with Crippen molar-refractivity contribution in [2.45, 2.75) is 11.7 Å². The summed E-state index contributed by atoms with van der Waals surface area (Å²) in [6.07, 6.45) is 0.0497. The SMILES string of the molecule is COCCN=C1NC(=O)[C@H](CC(=O)Nc2ccc(OC)c(OC)c2)S1. The summed E-state index contributed by atoms with van der Waals surface area (Å²) in [5, 5.41) is 5.44. The third-order valence-corrected chi connectivity index (χ3v) is 4.49. The first-order valence-electron chi connectivity index (χ1n) is 7.60. The van der Waals surface area contributed by atoms with Gasteiger partial charge in [0.25, 0.3) is 0 Å². The van der Waals surface area contributed by atoms with Gasteiger partial charge in [-0.2, -0.15) is 0 Å². The van der Waals surface area contributed by atoms with Gasteiger partial charge in [-0.1, -0.05) is 11.8 Å². The number of benzene rings is 1. The van der Waals surface area contributed by atoms with Crippen LogP contribution in [0.2, 0.25) is 0 Å². The van der Waals surface area contributed by atoms with E-state index in [4.69, 9.17) is 14.2 Å². The third kappa shape index (κ3) is 5.36. The molecule has 2 N–H and O–H groups in total. The second-order valence-corrected chi connectivity index (χ2v) is 6.29. The van der Waals surface area contributed by atoms with E-state index >= 15 is 0 Å². The van der Waals surface area contributed by atoms with E-state index in [9.17, 15) is 9.59 Å². The summed E-state index contributed by atoms with van der Waals surface area (Å²) >= 11 is 1.25. The standard InChI is InChI=1S/C16H21N3O5S/c1-22-7-6-17-16-19-15(21)13(25-16)9-14(20)18-10-4-5-11(23-2)12(8-10)24-3/h4-5,8,13H,6-7,9H2,1-3H3,(H,18,20)(H,17,19,21)/t13-/m0/s1. The number of hydrogen-bond donors (Lipinski definition) is 2. The third-order valence-electron chi connectivity index (χ3n) is 3.37. The number of nitrogens with one attached hydrogen (secondary N) is 2. The van der Waals surface area contributed by atoms with Crippen molar-refractivity contribution in [3.05, 3.63) is 18.2 Å². The van der Waals surface area contributed by atoms with Crippen LogP contribution in [-0.4, -0.2) is 56.7 Å². The minimum Gasteiger partial charge on any atom is -0.493 e. The summed E-state index contributed by atoms with van der Waals surface area (Å²) in [5.74, 6) is 0.602. The van der Waals surface area contributed by atoms with E-state index in [1.54, 1.807) is 25.3 Å². The lowest BCUT2D eigenvalue weighted by molar-refractivity contribution is -0.122. The summed E-state index contributed by atoms with van der Waals surface area (Å²) in [6.45, 7) is 0.939. The van der Waals surface area contributed by atoms with Crippen molar-refractivity contribution in [2.75, 3.05) is 39.8 Å². The summed E-state index contributed by atoms with van der Waals surface area (Å²) in [6, 6.07) is 5.07. The molecule has 1 aliphatic heterocycles. The average Bonchev–Trinajstić information content (AvgIpc) is 2.94. The van der Waals surface area contributed by atoms with Crippen LogP contribution in [0.25, 0.3) is 0 Å². The number of thioether (sulfide) groups is 1. The Labute approximate surface area is 150 Å². The number of anilines is 1. The number of rotatable bonds is 8. The molecule has 136 valence electrons. The first-order chi connectivity index (χ1) is 12.1. The predicted octanol–water partition coefficient (Wildman–Crippen LogP) is 1.27. The van der Waals surface area contributed by atoms with Gasteiger partial charge in [-0.25, -0.2) is 0 Å². The number of ether oxygens (including phenoxy) is 3. The highest BCUT2D eigenvalue weighted by Gasteiger charge is 2.31. The Kier molecular flexibility index (Phi) is 7.08. The molecule has 0 unspecified atom stereocenters. The molecule has 25 heavy (non-hydrogen) atoms. The Hall–Kier alpha value is -2.26. The van der Waals surface area contributed by atoms with Crippen LogP contribution >= 0.6 is 11.8 Å². The van der Waals surface area contributed by atoms with E-state index in [1.165, 1.54) is 26.0 Å². The zero-order valence-corrected chi connectivity index (χ0v) is 15.1. The van der Waals surface area contributed by atoms with Crippen molar-refractivity contribution in [1.29, 1.82) is 0 Å². The summed E-state index contributed by atoms with van der Waals surface area (Å²) in [7, 11) is 4.65. The molecular weight excluding hydrogens is 346 g/mol. The zero-order valence-electron chi connectivity index (χ0n) is 14.3. The molecule has 0 bridgehead atoms. The van der Waals surface area contributed by atoms with Gasteiger partial charge in [0.15, 0.2) is 16.7 Å². The van der Waals surface area contributed by atoms with Crippen LogP contribution in [0.15, 0.2) is 23.2 Å². The van der Waals surface area contributed by atoms with Gasteiger partial charge in [-0.15, -0.1) is 0 Å². The maximum atomic E-state index is 12.2. The van der Waals surface area contributed by atoms with Crippen molar-refractivity contribution in [2.24, 2.45) is 4.99 Å². The highest BCUT2D eigenvalue weighted by molar-refractivity contribution is 8.15. The molecule has 0 radical (unpaired) electrons. The highest BCUT2D eigenvalue weighted by Crippen LogP contribution is 2.30. The Bertz CT molecular complexity index is 665. The quantitative estimate of drug-likeness (QED) is 0.672. The molecular formula is C16H21N3O5S. The monoisotopic (exact) mass is 367 g/mol. The molecule has 2 rings (SSSR count). The minimum atomic E-state index is -0.499. The van der Waals surface area contributed by atoms with Gasteiger partial charge in [0.05, 0.1) is 27.4 Å². The van der Waals surface area contributed by atoms with E-state index < -0.39 is 5.25 Å². The van der Waals surface area contributed by atoms with Crippen LogP contribution in [0.1, 0.15) is 6.42 Å². The smallest absolute Gasteiger partial charge is 0.240 e. The molecule has 1 fully saturated rings. The Morgan fingerprint density at radius 2 is 2.04 bits per heavy atom. The number of nitrogens with zero attached hydrogens (tertiary/aromatic N) is 1. The van der Waals surface area contributed by atoms with Gasteiger partial charge >= 0.3 is 0 Å². The topological polar surface area (TPSA) is 98.2 Å². The number of amidine groups is 1. The predicted molar refractivity (Wildman–Crippen MR) is 96.5 cm³/mol. The minimum absolute atomic E-state index is 0.0497. The number of aliphatic imine (C=N–C) groups is 1. The fraction of sp³-hybridized carbons (Fsp3) is 0.438. The average molecular weight is 367 g/mol. The van der Waals surface area contributed by atoms with Gasteiger partial charge < -0.3 is 24.8 Å². The fourth-order valence-electron chi connectivity index (χ4n) is 2.15. The van der Waals surface area contributed by atoms with E-state index in [0.717, 1.165) is 0 Å². The normalized spacial score (nSPS) is 18.1. The molecule has 0 aliphatic carbocycles. The molecule has 0 aromatic heterocycles. The second kappa shape index (κ2) is 9.28. The first kappa shape index (κ1) is 19.1. The van der Waals surface area contributed by atoms with E-state index in [2.05, 4.69) is 15.6 Å². The molecule has 1 heterocycles. The first-order valence-corrected chi connectivity index (χ1v) is 8.48. The van der Waals surface area contributed by atoms with Crippen molar-refractivity contribution < 1.29 is 23.8 Å². The molecule has 1 aliphatic rings. The van der Waals surface area contributed by atoms with Crippen molar-refractivity contribution >= 4 is 34.4 Å². The molecule has 2 amide bonds. The highest BCUT2D eigenvalue weighted by atomic mass is 32.2. The lowest BCUT2D eigenvalue weighted by Crippen LogP contribution is -2.28. The number of carbonyl (C=O) groups excluding carboxylic acids is 2. The van der Waals surface area contributed by atoms with Crippen LogP contribution in [0.4, 0.5) is 5.69 Å². The number of hydrogen-bond acceptors (Lipinski definition) is 7. The summed E-state index contributed by atoms with van der Waals surface area (Å²) in [5.41, 5.74) is 0.569. The molecule has 0 saturated carbocycles. The number of carbonyl (C=O) groups is 2. The number of methoxy groups -OCH3 is 3. The zero-order chi connectivity index (χ0) is 18.2. The maximum absolute atomic E-state index is 12.2. The molecule has 1 aromatic carbocycles. The summed E-state index contributed by atoms with van der Waals surface area (Å²) < 4.78 is 15.3. The fourth-order valence-corrected chi connectivity index (χ4v) is 3.14. The molecule has 8 nitrogen and oxygen atoms in total. The molecule has 9 heteroatoms. The maximum Gasteiger partial charge on any atom is 0.240 e. The van der Waals surface area contributed by atoms with Crippen molar-refractivity contribution in [1.82, 2.24) is 5.32 Å². The van der Waals surface area contributed by atoms with Crippen LogP contribution in [0.5, 0.6) is 11.5 Å². The van der Waals surface area contributed by atoms with Gasteiger partial charge in [-0.05, 0) is 12.1 Å². The van der Waals surface area contributed by atoms with Crippen molar-refractivity contribution in [3.63, 3.8) is 0 Å². The number of amides is 2. The molecule has 1 aromatic rings. The van der Waals surface area contributed by atoms with Gasteiger partial charge in [0.1, 0.15) is 5.25 Å². The Balaban J connectivity index is 1.92. The Morgan fingerprint density at radius 1 is 1.28 bits per heavy atom. The van der Waals surface area contributed by atoms with Crippen LogP contribution in [-0.2, 0) is 14.3 Å². The van der Waals surface area contributed by atoms with Gasteiger partial charge in [0.2, 0.25) is 11.8 Å². The van der Waals surface area contributed by atoms with E-state index in [1.807, 2.05) is 0 Å². The van der Waals surface area contributed by atoms with Gasteiger partial charge in [0, 0.05) is 25.3 Å². The molecule has 1 atom stereocenters. The summed E-state index contributed by atoms with van der Waals surface area (Å²) in [4.78, 5) is 28.3. The van der Waals surface area contributed by atoms with Crippen LogP contribution in [0, 0.1) is 0 Å². The second-order valence-electron chi connectivity index (χ2n) is 5.10. The van der Waals surface area contributed by atoms with Crippen LogP contribution in [0.3, 0.4) is 0 Å². The molecule has 1 saturated heterocycles. The Morgan fingerprint density at radius 3 is 2.72 bits per heavy atom.